The lowest BCUT2D eigenvalue weighted by molar-refractivity contribution is 0.855. The van der Waals surface area contributed by atoms with Crippen LogP contribution >= 0.6 is 0 Å². The molecule has 0 radical (unpaired) electrons. The molecular weight excluding hydrogens is 244 g/mol. The fourth-order valence-corrected chi connectivity index (χ4v) is 2.97. The number of benzene rings is 2. The number of fused-ring (bicyclic) bond motifs is 2. The van der Waals surface area contributed by atoms with Crippen LogP contribution in [-0.4, -0.2) is 5.71 Å². The molecule has 0 unspecified atom stereocenters. The van der Waals surface area contributed by atoms with E-state index in [0.717, 1.165) is 18.5 Å². The Morgan fingerprint density at radius 3 is 2.60 bits per heavy atom. The van der Waals surface area contributed by atoms with Crippen molar-refractivity contribution in [1.29, 1.82) is 0 Å². The third-order valence-corrected chi connectivity index (χ3v) is 3.88. The Kier molecular flexibility index (Phi) is 2.66. The van der Waals surface area contributed by atoms with Gasteiger partial charge < -0.3 is 4.90 Å². The number of nitrogens with zero attached hydrogens (tertiary/aromatic N) is 2. The van der Waals surface area contributed by atoms with E-state index in [4.69, 9.17) is 4.99 Å². The highest BCUT2D eigenvalue weighted by Gasteiger charge is 2.26. The Labute approximate surface area is 119 Å². The number of rotatable bonds is 1. The number of hydrogen-bond donors (Lipinski definition) is 0. The van der Waals surface area contributed by atoms with Crippen molar-refractivity contribution >= 4 is 22.8 Å². The quantitative estimate of drug-likeness (QED) is 0.706. The first-order valence-electron chi connectivity index (χ1n) is 7.16. The minimum Gasteiger partial charge on any atom is -0.307 e. The van der Waals surface area contributed by atoms with Gasteiger partial charge in [0.15, 0.2) is 0 Å². The molecule has 0 saturated carbocycles. The molecule has 1 heterocycles. The standard InChI is InChI=1S/C18H16N2/c1-2-8-14(9-3-1)20-17-12-6-4-10-15(17)19-16-11-5-7-13-18(16)20/h1-4,6,8-10,12-13H,5,7,11H2. The minimum absolute atomic E-state index is 1.07. The van der Waals surface area contributed by atoms with E-state index in [1.165, 1.54) is 29.2 Å². The van der Waals surface area contributed by atoms with E-state index in [9.17, 15) is 0 Å². The average molecular weight is 260 g/mol. The molecular formula is C18H16N2. The van der Waals surface area contributed by atoms with Gasteiger partial charge in [0.2, 0.25) is 0 Å². The highest BCUT2D eigenvalue weighted by Crippen LogP contribution is 2.42. The summed E-state index contributed by atoms with van der Waals surface area (Å²) in [5.74, 6) is 0. The van der Waals surface area contributed by atoms with Gasteiger partial charge in [-0.3, -0.25) is 0 Å². The third kappa shape index (κ3) is 1.76. The van der Waals surface area contributed by atoms with Crippen molar-refractivity contribution in [3.8, 4) is 0 Å². The fraction of sp³-hybridized carbons (Fsp3) is 0.167. The lowest BCUT2D eigenvalue weighted by atomic mass is 9.98. The van der Waals surface area contributed by atoms with E-state index < -0.39 is 0 Å². The van der Waals surface area contributed by atoms with Gasteiger partial charge >= 0.3 is 0 Å². The van der Waals surface area contributed by atoms with E-state index in [-0.39, 0.29) is 0 Å². The van der Waals surface area contributed by atoms with E-state index >= 15 is 0 Å². The van der Waals surface area contributed by atoms with E-state index in [0.29, 0.717) is 0 Å². The van der Waals surface area contributed by atoms with Crippen LogP contribution in [0.3, 0.4) is 0 Å². The molecule has 98 valence electrons. The zero-order valence-electron chi connectivity index (χ0n) is 11.3. The molecule has 4 rings (SSSR count). The molecule has 2 nitrogen and oxygen atoms in total. The summed E-state index contributed by atoms with van der Waals surface area (Å²) >= 11 is 0. The molecule has 0 atom stereocenters. The van der Waals surface area contributed by atoms with Gasteiger partial charge in [0.05, 0.1) is 22.8 Å². The Hall–Kier alpha value is -2.35. The van der Waals surface area contributed by atoms with E-state index in [1.54, 1.807) is 0 Å². The molecule has 1 aliphatic heterocycles. The SMILES string of the molecule is C1=C2C(=Nc3ccccc3N2c2ccccc2)CCC1. The van der Waals surface area contributed by atoms with Crippen LogP contribution in [0.15, 0.2) is 71.4 Å². The first-order chi connectivity index (χ1) is 9.93. The van der Waals surface area contributed by atoms with Crippen LogP contribution in [0.1, 0.15) is 19.3 Å². The third-order valence-electron chi connectivity index (χ3n) is 3.88. The Bertz CT molecular complexity index is 698. The molecule has 0 spiro atoms. The van der Waals surface area contributed by atoms with Gasteiger partial charge in [0, 0.05) is 5.69 Å². The van der Waals surface area contributed by atoms with Gasteiger partial charge in [-0.1, -0.05) is 36.4 Å². The smallest absolute Gasteiger partial charge is 0.0874 e. The van der Waals surface area contributed by atoms with Crippen LogP contribution in [0.4, 0.5) is 17.1 Å². The molecule has 1 aliphatic carbocycles. The summed E-state index contributed by atoms with van der Waals surface area (Å²) in [7, 11) is 0. The maximum atomic E-state index is 4.85. The van der Waals surface area contributed by atoms with Crippen molar-refractivity contribution < 1.29 is 0 Å². The number of para-hydroxylation sites is 3. The molecule has 0 amide bonds. The molecule has 20 heavy (non-hydrogen) atoms. The summed E-state index contributed by atoms with van der Waals surface area (Å²) in [4.78, 5) is 7.19. The molecule has 2 heteroatoms. The van der Waals surface area contributed by atoms with Crippen LogP contribution in [0.25, 0.3) is 0 Å². The second kappa shape index (κ2) is 4.64. The molecule has 0 fully saturated rings. The highest BCUT2D eigenvalue weighted by atomic mass is 15.2. The van der Waals surface area contributed by atoms with Crippen LogP contribution in [0.5, 0.6) is 0 Å². The van der Waals surface area contributed by atoms with Crippen LogP contribution in [0, 0.1) is 0 Å². The molecule has 2 aliphatic rings. The van der Waals surface area contributed by atoms with Gasteiger partial charge in [-0.2, -0.15) is 0 Å². The lowest BCUT2D eigenvalue weighted by Gasteiger charge is -2.34. The predicted molar refractivity (Wildman–Crippen MR) is 84.1 cm³/mol. The number of aliphatic imine (C=N–C) groups is 1. The van der Waals surface area contributed by atoms with Crippen molar-refractivity contribution in [2.45, 2.75) is 19.3 Å². The number of anilines is 2. The van der Waals surface area contributed by atoms with Crippen molar-refractivity contribution in [3.63, 3.8) is 0 Å². The zero-order valence-corrected chi connectivity index (χ0v) is 11.3. The van der Waals surface area contributed by atoms with Gasteiger partial charge in [-0.05, 0) is 43.5 Å². The van der Waals surface area contributed by atoms with Crippen molar-refractivity contribution in [3.05, 3.63) is 66.4 Å². The summed E-state index contributed by atoms with van der Waals surface area (Å²) in [5, 5.41) is 0. The summed E-state index contributed by atoms with van der Waals surface area (Å²) in [6, 6.07) is 19.0. The normalized spacial score (nSPS) is 16.9. The average Bonchev–Trinajstić information content (AvgIpc) is 2.53. The molecule has 0 saturated heterocycles. The predicted octanol–water partition coefficient (Wildman–Crippen LogP) is 4.98. The van der Waals surface area contributed by atoms with Crippen LogP contribution < -0.4 is 4.90 Å². The van der Waals surface area contributed by atoms with Gasteiger partial charge in [0.1, 0.15) is 0 Å². The van der Waals surface area contributed by atoms with Crippen molar-refractivity contribution in [1.82, 2.24) is 0 Å². The monoisotopic (exact) mass is 260 g/mol. The lowest BCUT2D eigenvalue weighted by Crippen LogP contribution is -2.27. The molecule has 0 aromatic heterocycles. The summed E-state index contributed by atoms with van der Waals surface area (Å²) < 4.78 is 0. The maximum Gasteiger partial charge on any atom is 0.0874 e. The van der Waals surface area contributed by atoms with Gasteiger partial charge in [-0.15, -0.1) is 0 Å². The van der Waals surface area contributed by atoms with Gasteiger partial charge in [-0.25, -0.2) is 4.99 Å². The Morgan fingerprint density at radius 2 is 1.70 bits per heavy atom. The van der Waals surface area contributed by atoms with Gasteiger partial charge in [0.25, 0.3) is 0 Å². The molecule has 2 aromatic rings. The topological polar surface area (TPSA) is 15.6 Å². The summed E-state index contributed by atoms with van der Waals surface area (Å²) in [6.45, 7) is 0. The zero-order chi connectivity index (χ0) is 13.4. The van der Waals surface area contributed by atoms with Crippen LogP contribution in [0.2, 0.25) is 0 Å². The second-order valence-electron chi connectivity index (χ2n) is 5.20. The fourth-order valence-electron chi connectivity index (χ4n) is 2.97. The highest BCUT2D eigenvalue weighted by molar-refractivity contribution is 6.10. The molecule has 0 bridgehead atoms. The first-order valence-corrected chi connectivity index (χ1v) is 7.16. The van der Waals surface area contributed by atoms with E-state index in [1.807, 2.05) is 0 Å². The first kappa shape index (κ1) is 11.5. The summed E-state index contributed by atoms with van der Waals surface area (Å²) in [6.07, 6.45) is 5.74. The number of hydrogen-bond acceptors (Lipinski definition) is 2. The van der Waals surface area contributed by atoms with Crippen molar-refractivity contribution in [2.75, 3.05) is 4.90 Å². The van der Waals surface area contributed by atoms with E-state index in [2.05, 4.69) is 65.6 Å². The largest absolute Gasteiger partial charge is 0.307 e. The summed E-state index contributed by atoms with van der Waals surface area (Å²) in [5.41, 5.74) is 5.95. The second-order valence-corrected chi connectivity index (χ2v) is 5.20. The molecule has 2 aromatic carbocycles. The Morgan fingerprint density at radius 1 is 0.900 bits per heavy atom. The Balaban J connectivity index is 1.95. The van der Waals surface area contributed by atoms with Crippen molar-refractivity contribution in [2.24, 2.45) is 4.99 Å². The molecule has 0 N–H and O–H groups in total. The maximum absolute atomic E-state index is 4.85. The minimum atomic E-state index is 1.07. The van der Waals surface area contributed by atoms with Crippen LogP contribution in [-0.2, 0) is 0 Å². The number of allylic oxidation sites excluding steroid dienone is 2.